The van der Waals surface area contributed by atoms with Gasteiger partial charge in [-0.2, -0.15) is 0 Å². The minimum atomic E-state index is -0.783. The van der Waals surface area contributed by atoms with Gasteiger partial charge in [-0.3, -0.25) is 14.4 Å². The number of hydrogen-bond acceptors (Lipinski definition) is 6. The number of ether oxygens (including phenoxy) is 3. The van der Waals surface area contributed by atoms with Crippen LogP contribution >= 0.6 is 0 Å². The lowest BCUT2D eigenvalue weighted by Gasteiger charge is -2.18. The molecule has 1 unspecified atom stereocenters. The highest BCUT2D eigenvalue weighted by atomic mass is 16.6. The molecule has 6 heteroatoms. The minimum Gasteiger partial charge on any atom is -0.462 e. The van der Waals surface area contributed by atoms with Gasteiger partial charge >= 0.3 is 17.9 Å². The number of allylic oxidation sites excluding steroid dienone is 20. The lowest BCUT2D eigenvalue weighted by Crippen LogP contribution is -2.30. The van der Waals surface area contributed by atoms with Crippen LogP contribution in [0.3, 0.4) is 0 Å². The van der Waals surface area contributed by atoms with E-state index in [9.17, 15) is 14.4 Å². The molecule has 0 N–H and O–H groups in total. The zero-order chi connectivity index (χ0) is 59.9. The van der Waals surface area contributed by atoms with E-state index in [-0.39, 0.29) is 31.1 Å². The van der Waals surface area contributed by atoms with Crippen LogP contribution in [0.25, 0.3) is 0 Å². The third kappa shape index (κ3) is 68.5. The van der Waals surface area contributed by atoms with Crippen molar-refractivity contribution in [2.24, 2.45) is 0 Å². The molecule has 1 atom stereocenters. The standard InChI is InChI=1S/C77H130O6/c1-4-7-10-13-16-19-21-23-25-27-29-31-33-34-35-36-37-38-39-40-41-42-44-45-47-49-51-53-55-58-61-64-67-70-76(79)82-73-74(72-81-75(78)69-66-63-60-57-18-15-12-9-6-3)83-77(80)71-68-65-62-59-56-54-52-50-48-46-43-32-30-28-26-24-22-20-17-14-11-8-5-2/h7,10,16,19,22-25,28-31,34-35,37-38,40-41,44-45,74H,4-6,8-9,11-15,17-18,20-21,26-27,32-33,36,39,42-43,46-73H2,1-3H3/b10-7-,19-16-,24-22-,25-23-,30-28-,31-29-,35-34-,38-37-,41-40-,45-44-. The molecule has 0 amide bonds. The van der Waals surface area contributed by atoms with Crippen molar-refractivity contribution in [3.8, 4) is 0 Å². The number of carbonyl (C=O) groups excluding carboxylic acids is 3. The average molecular weight is 1150 g/mol. The minimum absolute atomic E-state index is 0.0799. The Morgan fingerprint density at radius 2 is 0.470 bits per heavy atom. The van der Waals surface area contributed by atoms with Crippen molar-refractivity contribution in [2.45, 2.75) is 335 Å². The highest BCUT2D eigenvalue weighted by molar-refractivity contribution is 5.71. The molecule has 0 aromatic carbocycles. The second kappa shape index (κ2) is 70.3. The summed E-state index contributed by atoms with van der Waals surface area (Å²) in [5, 5.41) is 0. The Labute approximate surface area is 513 Å². The van der Waals surface area contributed by atoms with Gasteiger partial charge < -0.3 is 14.2 Å². The molecular formula is C77H130O6. The molecular weight excluding hydrogens is 1020 g/mol. The predicted octanol–water partition coefficient (Wildman–Crippen LogP) is 24.3. The monoisotopic (exact) mass is 1150 g/mol. The van der Waals surface area contributed by atoms with Gasteiger partial charge in [-0.05, 0) is 116 Å². The number of carbonyl (C=O) groups is 3. The highest BCUT2D eigenvalue weighted by Gasteiger charge is 2.19. The van der Waals surface area contributed by atoms with Crippen LogP contribution in [-0.2, 0) is 28.6 Å². The summed E-state index contributed by atoms with van der Waals surface area (Å²) >= 11 is 0. The van der Waals surface area contributed by atoms with Gasteiger partial charge in [0.2, 0.25) is 0 Å². The van der Waals surface area contributed by atoms with E-state index in [0.29, 0.717) is 19.3 Å². The number of unbranched alkanes of at least 4 members (excludes halogenated alkanes) is 32. The SMILES string of the molecule is CC/C=C\C/C=C\C/C=C\C/C=C\C/C=C\C/C=C\C/C=C\C/C=C\CCCCCCCCCCC(=O)OCC(COC(=O)CCCCCCCCCCC)OC(=O)CCCCCCCCCCCCC/C=C\C/C=C\CCCCCCC. The van der Waals surface area contributed by atoms with Crippen molar-refractivity contribution in [3.05, 3.63) is 122 Å². The highest BCUT2D eigenvalue weighted by Crippen LogP contribution is 2.16. The molecule has 0 aliphatic carbocycles. The maximum Gasteiger partial charge on any atom is 0.306 e. The molecule has 0 heterocycles. The number of esters is 3. The van der Waals surface area contributed by atoms with E-state index in [2.05, 4.69) is 142 Å². The smallest absolute Gasteiger partial charge is 0.306 e. The summed E-state index contributed by atoms with van der Waals surface area (Å²) in [6, 6.07) is 0. The Kier molecular flexibility index (Phi) is 66.7. The Bertz CT molecular complexity index is 1700. The second-order valence-electron chi connectivity index (χ2n) is 23.1. The van der Waals surface area contributed by atoms with Crippen molar-refractivity contribution in [2.75, 3.05) is 13.2 Å². The summed E-state index contributed by atoms with van der Waals surface area (Å²) in [6.07, 6.45) is 98.0. The summed E-state index contributed by atoms with van der Waals surface area (Å²) in [7, 11) is 0. The van der Waals surface area contributed by atoms with Crippen molar-refractivity contribution < 1.29 is 28.6 Å². The first-order chi connectivity index (χ1) is 41.0. The summed E-state index contributed by atoms with van der Waals surface area (Å²) < 4.78 is 16.9. The van der Waals surface area contributed by atoms with Crippen LogP contribution in [0.4, 0.5) is 0 Å². The zero-order valence-electron chi connectivity index (χ0n) is 54.4. The third-order valence-corrected chi connectivity index (χ3v) is 15.0. The first kappa shape index (κ1) is 78.8. The van der Waals surface area contributed by atoms with Gasteiger partial charge in [-0.25, -0.2) is 0 Å². The fraction of sp³-hybridized carbons (Fsp3) is 0.701. The third-order valence-electron chi connectivity index (χ3n) is 15.0. The van der Waals surface area contributed by atoms with E-state index in [4.69, 9.17) is 14.2 Å². The quantitative estimate of drug-likeness (QED) is 0.0261. The van der Waals surface area contributed by atoms with Crippen LogP contribution in [0.5, 0.6) is 0 Å². The molecule has 83 heavy (non-hydrogen) atoms. The molecule has 0 aliphatic heterocycles. The van der Waals surface area contributed by atoms with E-state index in [1.807, 2.05) is 0 Å². The molecule has 0 aromatic heterocycles. The van der Waals surface area contributed by atoms with E-state index in [1.54, 1.807) is 0 Å². The summed E-state index contributed by atoms with van der Waals surface area (Å²) in [4.78, 5) is 38.3. The zero-order valence-corrected chi connectivity index (χ0v) is 54.4. The van der Waals surface area contributed by atoms with Crippen LogP contribution in [0, 0.1) is 0 Å². The van der Waals surface area contributed by atoms with Crippen molar-refractivity contribution in [1.82, 2.24) is 0 Å². The molecule has 0 aliphatic rings. The van der Waals surface area contributed by atoms with Gasteiger partial charge in [0.05, 0.1) is 0 Å². The molecule has 0 radical (unpaired) electrons. The van der Waals surface area contributed by atoms with Crippen LogP contribution in [0.2, 0.25) is 0 Å². The first-order valence-corrected chi connectivity index (χ1v) is 35.0. The molecule has 0 fully saturated rings. The Morgan fingerprint density at radius 1 is 0.253 bits per heavy atom. The van der Waals surface area contributed by atoms with E-state index >= 15 is 0 Å². The maximum absolute atomic E-state index is 12.9. The average Bonchev–Trinajstić information content (AvgIpc) is 3.49. The van der Waals surface area contributed by atoms with Gasteiger partial charge in [-0.1, -0.05) is 316 Å². The Morgan fingerprint density at radius 3 is 0.735 bits per heavy atom. The first-order valence-electron chi connectivity index (χ1n) is 35.0. The normalized spacial score (nSPS) is 12.9. The molecule has 0 rings (SSSR count). The number of rotatable bonds is 63. The topological polar surface area (TPSA) is 78.9 Å². The molecule has 0 saturated heterocycles. The molecule has 0 aromatic rings. The van der Waals surface area contributed by atoms with Gasteiger partial charge in [0.15, 0.2) is 6.10 Å². The fourth-order valence-corrected chi connectivity index (χ4v) is 9.73. The van der Waals surface area contributed by atoms with Crippen LogP contribution in [0.1, 0.15) is 329 Å². The van der Waals surface area contributed by atoms with Crippen LogP contribution < -0.4 is 0 Å². The molecule has 0 bridgehead atoms. The maximum atomic E-state index is 12.9. The van der Waals surface area contributed by atoms with Crippen molar-refractivity contribution in [3.63, 3.8) is 0 Å². The predicted molar refractivity (Wildman–Crippen MR) is 362 cm³/mol. The van der Waals surface area contributed by atoms with Gasteiger partial charge in [0.25, 0.3) is 0 Å². The van der Waals surface area contributed by atoms with Gasteiger partial charge in [-0.15, -0.1) is 0 Å². The molecule has 0 saturated carbocycles. The largest absolute Gasteiger partial charge is 0.462 e. The van der Waals surface area contributed by atoms with Gasteiger partial charge in [0.1, 0.15) is 13.2 Å². The molecule has 6 nitrogen and oxygen atoms in total. The lowest BCUT2D eigenvalue weighted by atomic mass is 10.0. The molecule has 0 spiro atoms. The van der Waals surface area contributed by atoms with E-state index in [1.165, 1.54) is 167 Å². The van der Waals surface area contributed by atoms with Crippen molar-refractivity contribution in [1.29, 1.82) is 0 Å². The van der Waals surface area contributed by atoms with E-state index in [0.717, 1.165) is 122 Å². The fourth-order valence-electron chi connectivity index (χ4n) is 9.73. The Hall–Kier alpha value is -4.19. The van der Waals surface area contributed by atoms with Crippen LogP contribution in [-0.4, -0.2) is 37.2 Å². The summed E-state index contributed by atoms with van der Waals surface area (Å²) in [6.45, 7) is 6.51. The Balaban J connectivity index is 4.20. The second-order valence-corrected chi connectivity index (χ2v) is 23.1. The van der Waals surface area contributed by atoms with Crippen molar-refractivity contribution >= 4 is 17.9 Å². The van der Waals surface area contributed by atoms with Gasteiger partial charge in [0, 0.05) is 19.3 Å². The number of hydrogen-bond donors (Lipinski definition) is 0. The van der Waals surface area contributed by atoms with E-state index < -0.39 is 6.10 Å². The summed E-state index contributed by atoms with van der Waals surface area (Å²) in [5.74, 6) is -0.884. The molecule has 474 valence electrons. The van der Waals surface area contributed by atoms with Crippen LogP contribution in [0.15, 0.2) is 122 Å². The summed E-state index contributed by atoms with van der Waals surface area (Å²) in [5.41, 5.74) is 0. The lowest BCUT2D eigenvalue weighted by molar-refractivity contribution is -0.167.